The Labute approximate surface area is 778 Å². The van der Waals surface area contributed by atoms with Gasteiger partial charge in [0.05, 0.1) is 0 Å². The van der Waals surface area contributed by atoms with Crippen molar-refractivity contribution in [2.24, 2.45) is 0 Å². The van der Waals surface area contributed by atoms with E-state index in [0.717, 1.165) is 75.4 Å². The number of nitrogens with zero attached hydrogens (tertiary/aromatic N) is 6. The minimum Gasteiger partial charge on any atom is -0.311 e. The van der Waals surface area contributed by atoms with Gasteiger partial charge in [-0.1, -0.05) is 272 Å². The Hall–Kier alpha value is -15.2. The Kier molecular flexibility index (Phi) is 27.8. The number of hydrogen-bond donors (Lipinski definition) is 0. The van der Waals surface area contributed by atoms with Gasteiger partial charge in [0, 0.05) is 102 Å². The lowest BCUT2D eigenvalue weighted by atomic mass is 9.99. The SMILES string of the molecule is CCc1ccc(N(c2ccc(CC)cc2)c2ccc(-c3ccc(N(c4ccc(C)cc4)c4ccc(C)cc4)c(C)c3)cc2)cc1.Cc1ccc(N(c2ccc(C)cc2)c2ccc(-c3ccc(N(c4ccc(C)cc4)c4ccc(C)cc4)c(C)c3)cc2)cc1.Cc1ccccc1N(c1ccc(-c2ccc(N(c3ccccc3C)c3ccccc3C)c(C)c2)cc1)c1ccccc1C. The zero-order valence-electron chi connectivity index (χ0n) is 78.4. The molecule has 648 valence electrons. The molecule has 0 spiro atoms. The van der Waals surface area contributed by atoms with Crippen molar-refractivity contribution in [3.63, 3.8) is 0 Å². The van der Waals surface area contributed by atoms with E-state index in [1.807, 2.05) is 0 Å². The third kappa shape index (κ3) is 20.7. The maximum Gasteiger partial charge on any atom is 0.0491 e. The van der Waals surface area contributed by atoms with Crippen LogP contribution < -0.4 is 29.4 Å². The molecule has 0 saturated heterocycles. The summed E-state index contributed by atoms with van der Waals surface area (Å²) in [6.07, 6.45) is 2.07. The summed E-state index contributed by atoms with van der Waals surface area (Å²) in [4.78, 5) is 14.1. The monoisotopic (exact) mass is 1700 g/mol. The van der Waals surface area contributed by atoms with Crippen LogP contribution in [-0.2, 0) is 12.8 Å². The van der Waals surface area contributed by atoms with Crippen molar-refractivity contribution in [1.29, 1.82) is 0 Å². The van der Waals surface area contributed by atoms with E-state index in [1.54, 1.807) is 0 Å². The van der Waals surface area contributed by atoms with Gasteiger partial charge in [-0.05, 0) is 380 Å². The first kappa shape index (κ1) is 89.2. The second-order valence-corrected chi connectivity index (χ2v) is 34.9. The molecule has 0 heterocycles. The molecular formula is C125H118N6. The molecule has 18 rings (SSSR count). The smallest absolute Gasteiger partial charge is 0.0491 e. The molecule has 0 aliphatic rings. The summed E-state index contributed by atoms with van der Waals surface area (Å²) in [6.45, 7) is 32.5. The molecule has 0 bridgehead atoms. The lowest BCUT2D eigenvalue weighted by Gasteiger charge is -2.30. The number of para-hydroxylation sites is 4. The molecule has 0 fully saturated rings. The maximum atomic E-state index is 2.40. The molecule has 0 radical (unpaired) electrons. The van der Waals surface area contributed by atoms with E-state index in [9.17, 15) is 0 Å². The topological polar surface area (TPSA) is 19.4 Å². The second-order valence-electron chi connectivity index (χ2n) is 34.9. The van der Waals surface area contributed by atoms with Crippen LogP contribution in [0.4, 0.5) is 102 Å². The third-order valence-electron chi connectivity index (χ3n) is 25.1. The van der Waals surface area contributed by atoms with E-state index in [4.69, 9.17) is 0 Å². The van der Waals surface area contributed by atoms with E-state index < -0.39 is 0 Å². The van der Waals surface area contributed by atoms with Gasteiger partial charge in [-0.3, -0.25) is 0 Å². The van der Waals surface area contributed by atoms with Crippen LogP contribution in [0.25, 0.3) is 33.4 Å². The van der Waals surface area contributed by atoms with Gasteiger partial charge in [0.15, 0.2) is 0 Å². The van der Waals surface area contributed by atoms with Crippen molar-refractivity contribution in [2.75, 3.05) is 29.4 Å². The van der Waals surface area contributed by atoms with E-state index in [0.29, 0.717) is 0 Å². The Bertz CT molecular complexity index is 6610. The molecule has 131 heavy (non-hydrogen) atoms. The molecule has 0 aliphatic carbocycles. The van der Waals surface area contributed by atoms with Gasteiger partial charge in [-0.15, -0.1) is 0 Å². The summed E-state index contributed by atoms with van der Waals surface area (Å²) >= 11 is 0. The summed E-state index contributed by atoms with van der Waals surface area (Å²) in [5, 5.41) is 0. The third-order valence-corrected chi connectivity index (χ3v) is 25.1. The molecule has 18 aromatic carbocycles. The van der Waals surface area contributed by atoms with Crippen LogP contribution in [0.5, 0.6) is 0 Å². The maximum absolute atomic E-state index is 2.40. The zero-order chi connectivity index (χ0) is 91.2. The standard InChI is InChI=1S/C43H42N2.2C41H38N2/c1-6-34-12-23-38(24-13-34)44(39-25-14-35(7-2)15-26-39)40-27-16-36(17-28-40)37-18-29-43(33(5)30-37)45(41-19-8-31(3)9-20-41)42-21-10-32(4)11-22-42;1-29-6-17-36(18-7-29)42(37-19-8-30(2)9-20-37)38-25-14-34(15-26-38)35-16-27-41(33(5)28-35)43(39-21-10-31(3)11-22-39)40-23-12-32(4)13-24-40;1-29-14-6-10-18-37(29)42(38-19-11-7-15-30(38)2)36-25-22-34(23-26-36)35-24-27-41(33(5)28-35)43(39-20-12-8-16-31(39)3)40-21-13-9-17-32(40)4/h8-30H,6-7H2,1-5H3;2*6-28H,1-5H3. The lowest BCUT2D eigenvalue weighted by Crippen LogP contribution is -2.13. The van der Waals surface area contributed by atoms with Crippen molar-refractivity contribution in [1.82, 2.24) is 0 Å². The van der Waals surface area contributed by atoms with Crippen molar-refractivity contribution in [2.45, 2.75) is 117 Å². The van der Waals surface area contributed by atoms with E-state index in [-0.39, 0.29) is 0 Å². The highest BCUT2D eigenvalue weighted by molar-refractivity contribution is 5.89. The van der Waals surface area contributed by atoms with Crippen LogP contribution in [0, 0.1) is 90.0 Å². The first-order chi connectivity index (χ1) is 63.7. The van der Waals surface area contributed by atoms with E-state index >= 15 is 0 Å². The molecule has 6 heteroatoms. The largest absolute Gasteiger partial charge is 0.311 e. The molecule has 0 atom stereocenters. The average Bonchev–Trinajstić information content (AvgIpc) is 0.781. The summed E-state index contributed by atoms with van der Waals surface area (Å²) in [6, 6.07) is 152. The van der Waals surface area contributed by atoms with Crippen LogP contribution in [0.2, 0.25) is 0 Å². The second kappa shape index (κ2) is 40.8. The van der Waals surface area contributed by atoms with Gasteiger partial charge in [0.2, 0.25) is 0 Å². The molecule has 0 aromatic heterocycles. The fourth-order valence-corrected chi connectivity index (χ4v) is 17.4. The molecule has 6 nitrogen and oxygen atoms in total. The minimum absolute atomic E-state index is 1.03. The molecule has 18 aromatic rings. The number of hydrogen-bond acceptors (Lipinski definition) is 6. The van der Waals surface area contributed by atoms with Gasteiger partial charge in [-0.25, -0.2) is 0 Å². The van der Waals surface area contributed by atoms with E-state index in [1.165, 1.54) is 157 Å². The predicted octanol–water partition coefficient (Wildman–Crippen LogP) is 36.0. The van der Waals surface area contributed by atoms with Crippen LogP contribution in [0.1, 0.15) is 97.3 Å². The summed E-state index contributed by atoms with van der Waals surface area (Å²) < 4.78 is 0. The summed E-state index contributed by atoms with van der Waals surface area (Å²) in [5.41, 5.74) is 47.1. The first-order valence-corrected chi connectivity index (χ1v) is 46.0. The molecule has 0 saturated carbocycles. The fraction of sp³-hybridized carbons (Fsp3) is 0.136. The van der Waals surface area contributed by atoms with Crippen LogP contribution >= 0.6 is 0 Å². The minimum atomic E-state index is 1.03. The van der Waals surface area contributed by atoms with Crippen molar-refractivity contribution in [3.8, 4) is 33.4 Å². The van der Waals surface area contributed by atoms with E-state index in [2.05, 4.69) is 552 Å². The Morgan fingerprint density at radius 2 is 0.305 bits per heavy atom. The summed E-state index contributed by atoms with van der Waals surface area (Å²) in [5.74, 6) is 0. The molecule has 0 N–H and O–H groups in total. The highest BCUT2D eigenvalue weighted by atomic mass is 15.2. The van der Waals surface area contributed by atoms with Gasteiger partial charge >= 0.3 is 0 Å². The van der Waals surface area contributed by atoms with Crippen LogP contribution in [0.15, 0.2) is 419 Å². The fourth-order valence-electron chi connectivity index (χ4n) is 17.4. The lowest BCUT2D eigenvalue weighted by molar-refractivity contribution is 1.13. The Morgan fingerprint density at radius 3 is 0.519 bits per heavy atom. The van der Waals surface area contributed by atoms with Crippen LogP contribution in [0.3, 0.4) is 0 Å². The molecular weight excluding hydrogens is 1590 g/mol. The van der Waals surface area contributed by atoms with Crippen molar-refractivity contribution >= 4 is 102 Å². The number of benzene rings is 18. The average molecular weight is 1700 g/mol. The van der Waals surface area contributed by atoms with Crippen molar-refractivity contribution in [3.05, 3.63) is 502 Å². The molecule has 0 unspecified atom stereocenters. The zero-order valence-corrected chi connectivity index (χ0v) is 78.4. The Morgan fingerprint density at radius 1 is 0.137 bits per heavy atom. The quantitative estimate of drug-likeness (QED) is 0.0631. The van der Waals surface area contributed by atoms with Gasteiger partial charge in [0.25, 0.3) is 0 Å². The number of rotatable bonds is 23. The highest BCUT2D eigenvalue weighted by Gasteiger charge is 2.24. The van der Waals surface area contributed by atoms with Crippen LogP contribution in [-0.4, -0.2) is 0 Å². The van der Waals surface area contributed by atoms with Crippen molar-refractivity contribution < 1.29 is 0 Å². The molecule has 0 aliphatic heterocycles. The number of aryl methyl sites for hydroxylation is 15. The summed E-state index contributed by atoms with van der Waals surface area (Å²) in [7, 11) is 0. The predicted molar refractivity (Wildman–Crippen MR) is 564 cm³/mol. The van der Waals surface area contributed by atoms with Gasteiger partial charge in [0.1, 0.15) is 0 Å². The first-order valence-electron chi connectivity index (χ1n) is 46.0. The Balaban J connectivity index is 0.000000144. The van der Waals surface area contributed by atoms with Gasteiger partial charge < -0.3 is 29.4 Å². The number of anilines is 18. The van der Waals surface area contributed by atoms with Gasteiger partial charge in [-0.2, -0.15) is 0 Å². The normalized spacial score (nSPS) is 10.9. The molecule has 0 amide bonds. The highest BCUT2D eigenvalue weighted by Crippen LogP contribution is 2.47.